The highest BCUT2D eigenvalue weighted by atomic mass is 32.1. The van der Waals surface area contributed by atoms with Crippen LogP contribution >= 0.6 is 11.3 Å². The molecule has 6 nitrogen and oxygen atoms in total. The minimum Gasteiger partial charge on any atom is -0.486 e. The van der Waals surface area contributed by atoms with Crippen molar-refractivity contribution < 1.29 is 28.4 Å². The van der Waals surface area contributed by atoms with Gasteiger partial charge in [-0.1, -0.05) is 54.4 Å². The van der Waals surface area contributed by atoms with Gasteiger partial charge in [-0.05, 0) is 24.7 Å². The van der Waals surface area contributed by atoms with Crippen molar-refractivity contribution in [2.24, 2.45) is 0 Å². The summed E-state index contributed by atoms with van der Waals surface area (Å²) in [6.45, 7) is 19.2. The van der Waals surface area contributed by atoms with E-state index in [1.807, 2.05) is 0 Å². The fourth-order valence-electron chi connectivity index (χ4n) is 3.01. The highest BCUT2D eigenvalue weighted by molar-refractivity contribution is 7.13. The van der Waals surface area contributed by atoms with Crippen LogP contribution in [0.15, 0.2) is 0 Å². The fourth-order valence-corrected chi connectivity index (χ4v) is 4.21. The summed E-state index contributed by atoms with van der Waals surface area (Å²) < 4.78 is 34.8. The van der Waals surface area contributed by atoms with E-state index in [0.29, 0.717) is 64.7 Å². The molecule has 0 atom stereocenters. The summed E-state index contributed by atoms with van der Waals surface area (Å²) in [5.41, 5.74) is 0. The maximum atomic E-state index is 6.20. The van der Waals surface area contributed by atoms with E-state index in [1.165, 1.54) is 9.75 Å². The third-order valence-electron chi connectivity index (χ3n) is 4.90. The largest absolute Gasteiger partial charge is 0.486 e. The summed E-state index contributed by atoms with van der Waals surface area (Å²) in [4.78, 5) is 2.45. The first-order valence-corrected chi connectivity index (χ1v) is 13.6. The zero-order valence-corrected chi connectivity index (χ0v) is 22.7. The Balaban J connectivity index is 2.50. The van der Waals surface area contributed by atoms with Gasteiger partial charge in [0.1, 0.15) is 13.2 Å². The van der Waals surface area contributed by atoms with E-state index in [-0.39, 0.29) is 0 Å². The van der Waals surface area contributed by atoms with E-state index in [4.69, 9.17) is 28.4 Å². The van der Waals surface area contributed by atoms with Gasteiger partial charge in [0.25, 0.3) is 0 Å². The number of hydrogen-bond donors (Lipinski definition) is 0. The predicted octanol–water partition coefficient (Wildman–Crippen LogP) is 6.42. The predicted molar refractivity (Wildman–Crippen MR) is 137 cm³/mol. The number of ether oxygens (including phenoxy) is 6. The van der Waals surface area contributed by atoms with Gasteiger partial charge in [0, 0.05) is 13.2 Å². The number of rotatable bonds is 22. The molecule has 0 aliphatic carbocycles. The van der Waals surface area contributed by atoms with E-state index >= 15 is 0 Å². The molecule has 7 heteroatoms. The zero-order valence-electron chi connectivity index (χ0n) is 21.9. The normalized spacial score (nSPS) is 11.6. The average molecular weight is 489 g/mol. The molecule has 1 rings (SSSR count). The standard InChI is InChI=1S/C26H48O6S/c1-7-9-11-27-13-15-29-17-19-31-23-24(26(22(5)6)33-25(23)21(3)4)32-20-18-30-16-14-28-12-10-8-2/h21-22H,7-20H2,1-6H3. The van der Waals surface area contributed by atoms with Crippen molar-refractivity contribution in [3.8, 4) is 11.5 Å². The van der Waals surface area contributed by atoms with Crippen molar-refractivity contribution in [2.75, 3.05) is 66.1 Å². The van der Waals surface area contributed by atoms with E-state index in [1.54, 1.807) is 11.3 Å². The van der Waals surface area contributed by atoms with Crippen molar-refractivity contribution in [2.45, 2.75) is 79.1 Å². The summed E-state index contributed by atoms with van der Waals surface area (Å²) in [5.74, 6) is 2.46. The Labute approximate surface area is 206 Å². The Morgan fingerprint density at radius 3 is 1.18 bits per heavy atom. The van der Waals surface area contributed by atoms with E-state index in [2.05, 4.69) is 41.5 Å². The summed E-state index contributed by atoms with van der Waals surface area (Å²) in [5, 5.41) is 0. The lowest BCUT2D eigenvalue weighted by molar-refractivity contribution is 0.0323. The summed E-state index contributed by atoms with van der Waals surface area (Å²) >= 11 is 1.79. The minimum absolute atomic E-state index is 0.365. The van der Waals surface area contributed by atoms with Crippen molar-refractivity contribution in [3.63, 3.8) is 0 Å². The first-order chi connectivity index (χ1) is 16.0. The quantitative estimate of drug-likeness (QED) is 0.176. The number of thiophene rings is 1. The van der Waals surface area contributed by atoms with Crippen LogP contribution < -0.4 is 9.47 Å². The molecule has 0 unspecified atom stereocenters. The van der Waals surface area contributed by atoms with E-state index in [0.717, 1.165) is 50.4 Å². The van der Waals surface area contributed by atoms with Crippen LogP contribution in [0.5, 0.6) is 11.5 Å². The van der Waals surface area contributed by atoms with Crippen LogP contribution in [-0.2, 0) is 18.9 Å². The third-order valence-corrected chi connectivity index (χ3v) is 6.65. The molecule has 0 aromatic carbocycles. The van der Waals surface area contributed by atoms with Crippen LogP contribution in [0.1, 0.15) is 88.8 Å². The Morgan fingerprint density at radius 1 is 0.515 bits per heavy atom. The van der Waals surface area contributed by atoms with Gasteiger partial charge >= 0.3 is 0 Å². The third kappa shape index (κ3) is 13.0. The molecule has 194 valence electrons. The van der Waals surface area contributed by atoms with Crippen LogP contribution in [0.4, 0.5) is 0 Å². The van der Waals surface area contributed by atoms with Gasteiger partial charge in [-0.25, -0.2) is 0 Å². The van der Waals surface area contributed by atoms with E-state index < -0.39 is 0 Å². The van der Waals surface area contributed by atoms with Gasteiger partial charge in [0.05, 0.1) is 49.4 Å². The minimum atomic E-state index is 0.365. The van der Waals surface area contributed by atoms with Crippen LogP contribution in [0.3, 0.4) is 0 Å². The first-order valence-electron chi connectivity index (χ1n) is 12.8. The van der Waals surface area contributed by atoms with Crippen molar-refractivity contribution in [1.82, 2.24) is 0 Å². The van der Waals surface area contributed by atoms with E-state index in [9.17, 15) is 0 Å². The Kier molecular flexibility index (Phi) is 17.8. The molecule has 1 aromatic rings. The summed E-state index contributed by atoms with van der Waals surface area (Å²) in [7, 11) is 0. The molecule has 0 saturated heterocycles. The van der Waals surface area contributed by atoms with Crippen LogP contribution in [-0.4, -0.2) is 66.1 Å². The molecule has 1 aromatic heterocycles. The second-order valence-corrected chi connectivity index (χ2v) is 9.74. The second kappa shape index (κ2) is 19.4. The maximum absolute atomic E-state index is 6.20. The molecular weight excluding hydrogens is 440 g/mol. The monoisotopic (exact) mass is 488 g/mol. The molecule has 0 aliphatic rings. The maximum Gasteiger partial charge on any atom is 0.175 e. The average Bonchev–Trinajstić information content (AvgIpc) is 3.16. The molecule has 0 radical (unpaired) electrons. The molecule has 0 N–H and O–H groups in total. The smallest absolute Gasteiger partial charge is 0.175 e. The molecule has 33 heavy (non-hydrogen) atoms. The fraction of sp³-hybridized carbons (Fsp3) is 0.846. The Hall–Kier alpha value is -0.860. The Bertz CT molecular complexity index is 539. The molecular formula is C26H48O6S. The molecule has 0 saturated carbocycles. The van der Waals surface area contributed by atoms with Crippen LogP contribution in [0.25, 0.3) is 0 Å². The van der Waals surface area contributed by atoms with Gasteiger partial charge < -0.3 is 28.4 Å². The highest BCUT2D eigenvalue weighted by Gasteiger charge is 2.24. The van der Waals surface area contributed by atoms with Gasteiger partial charge in [0.2, 0.25) is 0 Å². The van der Waals surface area contributed by atoms with Crippen molar-refractivity contribution >= 4 is 11.3 Å². The van der Waals surface area contributed by atoms with Gasteiger partial charge in [0.15, 0.2) is 11.5 Å². The lowest BCUT2D eigenvalue weighted by Gasteiger charge is -2.14. The lowest BCUT2D eigenvalue weighted by Crippen LogP contribution is -2.13. The SMILES string of the molecule is CCCCOCCOCCOc1c(C(C)C)sc(C(C)C)c1OCCOCCOCCCC. The van der Waals surface area contributed by atoms with Crippen molar-refractivity contribution in [1.29, 1.82) is 0 Å². The molecule has 0 bridgehead atoms. The van der Waals surface area contributed by atoms with Crippen LogP contribution in [0, 0.1) is 0 Å². The zero-order chi connectivity index (χ0) is 24.3. The van der Waals surface area contributed by atoms with Crippen molar-refractivity contribution in [3.05, 3.63) is 9.75 Å². The number of hydrogen-bond acceptors (Lipinski definition) is 7. The summed E-state index contributed by atoms with van der Waals surface area (Å²) in [6.07, 6.45) is 4.49. The first kappa shape index (κ1) is 30.2. The number of unbranched alkanes of at least 4 members (excludes halogenated alkanes) is 2. The molecule has 0 amide bonds. The second-order valence-electron chi connectivity index (χ2n) is 8.65. The molecule has 0 spiro atoms. The highest BCUT2D eigenvalue weighted by Crippen LogP contribution is 2.48. The van der Waals surface area contributed by atoms with Gasteiger partial charge in [-0.3, -0.25) is 0 Å². The lowest BCUT2D eigenvalue weighted by atomic mass is 10.1. The van der Waals surface area contributed by atoms with Gasteiger partial charge in [-0.15, -0.1) is 11.3 Å². The topological polar surface area (TPSA) is 55.4 Å². The van der Waals surface area contributed by atoms with Gasteiger partial charge in [-0.2, -0.15) is 0 Å². The molecule has 0 aliphatic heterocycles. The Morgan fingerprint density at radius 2 is 0.848 bits per heavy atom. The summed E-state index contributed by atoms with van der Waals surface area (Å²) in [6, 6.07) is 0. The molecule has 1 heterocycles. The molecule has 0 fully saturated rings. The van der Waals surface area contributed by atoms with Crippen LogP contribution in [0.2, 0.25) is 0 Å².